The van der Waals surface area contributed by atoms with Crippen molar-refractivity contribution >= 4 is 27.7 Å². The van der Waals surface area contributed by atoms with Gasteiger partial charge < -0.3 is 10.1 Å². The first-order valence-electron chi connectivity index (χ1n) is 10.9. The summed E-state index contributed by atoms with van der Waals surface area (Å²) in [6, 6.07) is 20.6. The monoisotopic (exact) mass is 498 g/mol. The quantitative estimate of drug-likeness (QED) is 0.402. The molecule has 0 unspecified atom stereocenters. The normalized spacial score (nSPS) is 13.2. The van der Waals surface area contributed by atoms with Gasteiger partial charge in [-0.15, -0.1) is 11.8 Å². The lowest BCUT2D eigenvalue weighted by Crippen LogP contribution is -2.48. The number of sulfonamides is 1. The molecule has 0 saturated heterocycles. The smallest absolute Gasteiger partial charge is 0.241 e. The first-order chi connectivity index (χ1) is 16.2. The van der Waals surface area contributed by atoms with Crippen LogP contribution in [0.15, 0.2) is 82.6 Å². The van der Waals surface area contributed by atoms with Gasteiger partial charge in [0.1, 0.15) is 11.8 Å². The zero-order valence-electron chi connectivity index (χ0n) is 19.7. The summed E-state index contributed by atoms with van der Waals surface area (Å²) in [5.74, 6) is 0.206. The molecule has 1 amide bonds. The summed E-state index contributed by atoms with van der Waals surface area (Å²) in [5.41, 5.74) is 2.49. The fourth-order valence-corrected chi connectivity index (χ4v) is 5.29. The van der Waals surface area contributed by atoms with E-state index < -0.39 is 16.1 Å². The van der Waals surface area contributed by atoms with E-state index in [0.29, 0.717) is 11.3 Å². The van der Waals surface area contributed by atoms with E-state index in [-0.39, 0.29) is 23.3 Å². The Morgan fingerprint density at radius 2 is 1.71 bits per heavy atom. The van der Waals surface area contributed by atoms with Crippen molar-refractivity contribution in [3.63, 3.8) is 0 Å². The van der Waals surface area contributed by atoms with Crippen LogP contribution < -0.4 is 14.8 Å². The number of aryl methyl sites for hydroxylation is 1. The molecule has 6 nitrogen and oxygen atoms in total. The summed E-state index contributed by atoms with van der Waals surface area (Å²) in [6.07, 6.45) is 2.23. The van der Waals surface area contributed by atoms with Crippen molar-refractivity contribution < 1.29 is 17.9 Å². The Hall–Kier alpha value is -2.81. The summed E-state index contributed by atoms with van der Waals surface area (Å²) in [7, 11) is -2.42. The van der Waals surface area contributed by atoms with E-state index >= 15 is 0 Å². The van der Waals surface area contributed by atoms with Crippen LogP contribution in [0.3, 0.4) is 0 Å². The van der Waals surface area contributed by atoms with Crippen molar-refractivity contribution in [3.05, 3.63) is 89.5 Å². The molecule has 0 aliphatic rings. The second-order valence-corrected chi connectivity index (χ2v) is 10.6. The molecular weight excluding hydrogens is 468 g/mol. The average molecular weight is 499 g/mol. The molecule has 3 aromatic rings. The first kappa shape index (κ1) is 25.8. The minimum atomic E-state index is -3.95. The number of carbonyl (C=O) groups is 1. The van der Waals surface area contributed by atoms with Crippen LogP contribution in [-0.4, -0.2) is 33.7 Å². The molecule has 8 heteroatoms. The van der Waals surface area contributed by atoms with E-state index in [0.717, 1.165) is 16.0 Å². The van der Waals surface area contributed by atoms with E-state index in [9.17, 15) is 13.2 Å². The number of amides is 1. The van der Waals surface area contributed by atoms with Crippen LogP contribution in [0, 0.1) is 6.92 Å². The lowest BCUT2D eigenvalue weighted by atomic mass is 10.0. The van der Waals surface area contributed by atoms with Gasteiger partial charge in [0.15, 0.2) is 0 Å². The Bertz CT molecular complexity index is 1210. The van der Waals surface area contributed by atoms with Crippen molar-refractivity contribution in [1.29, 1.82) is 0 Å². The second-order valence-electron chi connectivity index (χ2n) is 8.00. The highest BCUT2D eigenvalue weighted by molar-refractivity contribution is 7.98. The lowest BCUT2D eigenvalue weighted by molar-refractivity contribution is -0.123. The third-order valence-corrected chi connectivity index (χ3v) is 7.76. The number of nitrogens with one attached hydrogen (secondary N) is 2. The number of hydrogen-bond donors (Lipinski definition) is 2. The maximum Gasteiger partial charge on any atom is 0.241 e. The minimum Gasteiger partial charge on any atom is -0.496 e. The molecule has 180 valence electrons. The summed E-state index contributed by atoms with van der Waals surface area (Å²) in [4.78, 5) is 14.5. The van der Waals surface area contributed by atoms with E-state index in [1.807, 2.05) is 67.8 Å². The number of ether oxygens (including phenoxy) is 1. The summed E-state index contributed by atoms with van der Waals surface area (Å²) in [5, 5.41) is 2.96. The van der Waals surface area contributed by atoms with Gasteiger partial charge in [0, 0.05) is 4.90 Å². The molecule has 0 radical (unpaired) electrons. The average Bonchev–Trinajstić information content (AvgIpc) is 2.84. The van der Waals surface area contributed by atoms with Gasteiger partial charge in [0.25, 0.3) is 0 Å². The van der Waals surface area contributed by atoms with Gasteiger partial charge in [0.2, 0.25) is 15.9 Å². The first-order valence-corrected chi connectivity index (χ1v) is 13.6. The Morgan fingerprint density at radius 3 is 2.29 bits per heavy atom. The molecule has 2 N–H and O–H groups in total. The Morgan fingerprint density at radius 1 is 1.03 bits per heavy atom. The topological polar surface area (TPSA) is 84.5 Å². The third-order valence-electron chi connectivity index (χ3n) is 5.55. The highest BCUT2D eigenvalue weighted by Gasteiger charge is 2.27. The van der Waals surface area contributed by atoms with E-state index in [4.69, 9.17) is 4.74 Å². The fraction of sp³-hybridized carbons (Fsp3) is 0.269. The standard InChI is InChI=1S/C26H30N2O4S2/c1-18-16-23(14-15-25(18)32-3)34(30,31)28-24(17-20-8-6-5-7-9-20)26(29)27-19(2)21-10-12-22(33-4)13-11-21/h5-16,19,24,28H,17H2,1-4H3,(H,27,29)/t19-,24+/m1/s1. The third kappa shape index (κ3) is 6.62. The summed E-state index contributed by atoms with van der Waals surface area (Å²) < 4.78 is 34.2. The SMILES string of the molecule is COc1ccc(S(=O)(=O)N[C@@H](Cc2ccccc2)C(=O)N[C@H](C)c2ccc(SC)cc2)cc1C. The zero-order valence-corrected chi connectivity index (χ0v) is 21.4. The number of thioether (sulfide) groups is 1. The van der Waals surface area contributed by atoms with Gasteiger partial charge in [-0.05, 0) is 73.5 Å². The van der Waals surface area contributed by atoms with Crippen molar-refractivity contribution in [2.24, 2.45) is 0 Å². The lowest BCUT2D eigenvalue weighted by Gasteiger charge is -2.22. The van der Waals surface area contributed by atoms with Crippen LogP contribution >= 0.6 is 11.8 Å². The molecule has 34 heavy (non-hydrogen) atoms. The second kappa shape index (κ2) is 11.6. The Balaban J connectivity index is 1.83. The molecule has 2 atom stereocenters. The molecule has 0 fully saturated rings. The van der Waals surface area contributed by atoms with Crippen LogP contribution in [0.25, 0.3) is 0 Å². The van der Waals surface area contributed by atoms with E-state index in [1.54, 1.807) is 24.8 Å². The van der Waals surface area contributed by atoms with Crippen LogP contribution in [0.5, 0.6) is 5.75 Å². The number of benzene rings is 3. The van der Waals surface area contributed by atoms with Crippen molar-refractivity contribution in [1.82, 2.24) is 10.0 Å². The van der Waals surface area contributed by atoms with Crippen molar-refractivity contribution in [2.75, 3.05) is 13.4 Å². The zero-order chi connectivity index (χ0) is 24.7. The van der Waals surface area contributed by atoms with E-state index in [2.05, 4.69) is 10.0 Å². The number of rotatable bonds is 10. The van der Waals surface area contributed by atoms with Crippen LogP contribution in [-0.2, 0) is 21.2 Å². The van der Waals surface area contributed by atoms with Gasteiger partial charge in [-0.1, -0.05) is 42.5 Å². The molecule has 0 aliphatic carbocycles. The molecule has 0 aromatic heterocycles. The van der Waals surface area contributed by atoms with E-state index in [1.165, 1.54) is 19.2 Å². The van der Waals surface area contributed by atoms with Crippen LogP contribution in [0.4, 0.5) is 0 Å². The minimum absolute atomic E-state index is 0.0809. The fourth-order valence-electron chi connectivity index (χ4n) is 3.60. The van der Waals surface area contributed by atoms with Gasteiger partial charge in [-0.2, -0.15) is 4.72 Å². The van der Waals surface area contributed by atoms with Gasteiger partial charge in [-0.3, -0.25) is 4.79 Å². The molecule has 3 aromatic carbocycles. The summed E-state index contributed by atoms with van der Waals surface area (Å²) in [6.45, 7) is 3.66. The maximum absolute atomic E-state index is 13.3. The molecule has 0 aliphatic heterocycles. The number of carbonyl (C=O) groups excluding carboxylic acids is 1. The predicted molar refractivity (Wildman–Crippen MR) is 137 cm³/mol. The molecular formula is C26H30N2O4S2. The van der Waals surface area contributed by atoms with Crippen molar-refractivity contribution in [2.45, 2.75) is 42.1 Å². The van der Waals surface area contributed by atoms with Crippen molar-refractivity contribution in [3.8, 4) is 5.75 Å². The maximum atomic E-state index is 13.3. The number of methoxy groups -OCH3 is 1. The predicted octanol–water partition coefficient (Wildman–Crippen LogP) is 4.49. The molecule has 0 saturated carbocycles. The van der Waals surface area contributed by atoms with Gasteiger partial charge in [0.05, 0.1) is 18.0 Å². The molecule has 0 bridgehead atoms. The highest BCUT2D eigenvalue weighted by atomic mass is 32.2. The van der Waals surface area contributed by atoms with Gasteiger partial charge >= 0.3 is 0 Å². The molecule has 0 heterocycles. The Labute approximate surface area is 206 Å². The Kier molecular flexibility index (Phi) is 8.77. The van der Waals surface area contributed by atoms with Gasteiger partial charge in [-0.25, -0.2) is 8.42 Å². The molecule has 3 rings (SSSR count). The highest BCUT2D eigenvalue weighted by Crippen LogP contribution is 2.22. The number of hydrogen-bond acceptors (Lipinski definition) is 5. The largest absolute Gasteiger partial charge is 0.496 e. The van der Waals surface area contributed by atoms with Crippen LogP contribution in [0.1, 0.15) is 29.7 Å². The molecule has 0 spiro atoms. The summed E-state index contributed by atoms with van der Waals surface area (Å²) >= 11 is 1.64. The van der Waals surface area contributed by atoms with Crippen LogP contribution in [0.2, 0.25) is 0 Å².